The van der Waals surface area contributed by atoms with Crippen LogP contribution in [-0.2, 0) is 6.54 Å². The Labute approximate surface area is 113 Å². The maximum Gasteiger partial charge on any atom is 0.0813 e. The second kappa shape index (κ2) is 4.92. The molecule has 2 aromatic heterocycles. The van der Waals surface area contributed by atoms with E-state index in [1.54, 1.807) is 23.7 Å². The molecule has 0 radical (unpaired) electrons. The van der Waals surface area contributed by atoms with Gasteiger partial charge in [0.15, 0.2) is 0 Å². The molecule has 0 aliphatic rings. The molecule has 3 aromatic rings. The normalized spacial score (nSPS) is 10.7. The highest BCUT2D eigenvalue weighted by atomic mass is 35.5. The van der Waals surface area contributed by atoms with Gasteiger partial charge in [0.1, 0.15) is 0 Å². The minimum absolute atomic E-state index is 0.684. The lowest BCUT2D eigenvalue weighted by Crippen LogP contribution is -1.99. The highest BCUT2D eigenvalue weighted by Gasteiger charge is 2.01. The first-order valence-electron chi connectivity index (χ1n) is 5.48. The van der Waals surface area contributed by atoms with Crippen molar-refractivity contribution < 1.29 is 0 Å². The van der Waals surface area contributed by atoms with Crippen molar-refractivity contribution in [1.29, 1.82) is 0 Å². The van der Waals surface area contributed by atoms with Gasteiger partial charge in [0, 0.05) is 24.6 Å². The maximum absolute atomic E-state index is 6.06. The van der Waals surface area contributed by atoms with E-state index in [0.717, 1.165) is 16.8 Å². The van der Waals surface area contributed by atoms with E-state index in [9.17, 15) is 0 Å². The van der Waals surface area contributed by atoms with E-state index >= 15 is 0 Å². The van der Waals surface area contributed by atoms with Crippen molar-refractivity contribution in [2.45, 2.75) is 6.54 Å². The summed E-state index contributed by atoms with van der Waals surface area (Å²) in [7, 11) is 0. The van der Waals surface area contributed by atoms with Crippen LogP contribution < -0.4 is 5.32 Å². The van der Waals surface area contributed by atoms with Gasteiger partial charge in [-0.25, -0.2) is 4.98 Å². The van der Waals surface area contributed by atoms with E-state index in [-0.39, 0.29) is 0 Å². The Morgan fingerprint density at radius 3 is 3.11 bits per heavy atom. The van der Waals surface area contributed by atoms with Crippen LogP contribution in [0.2, 0.25) is 5.02 Å². The molecule has 18 heavy (non-hydrogen) atoms. The van der Waals surface area contributed by atoms with Crippen molar-refractivity contribution in [1.82, 2.24) is 9.97 Å². The number of benzene rings is 1. The highest BCUT2D eigenvalue weighted by molar-refractivity contribution is 7.16. The van der Waals surface area contributed by atoms with Gasteiger partial charge in [0.25, 0.3) is 0 Å². The third-order valence-corrected chi connectivity index (χ3v) is 3.80. The number of anilines is 1. The first-order chi connectivity index (χ1) is 8.83. The minimum Gasteiger partial charge on any atom is -0.381 e. The summed E-state index contributed by atoms with van der Waals surface area (Å²) in [6, 6.07) is 8.06. The number of nitrogens with one attached hydrogen (secondary N) is 1. The summed E-state index contributed by atoms with van der Waals surface area (Å²) < 4.78 is 1.18. The summed E-state index contributed by atoms with van der Waals surface area (Å²) in [5, 5.41) is 4.03. The molecular weight excluding hydrogens is 266 g/mol. The average molecular weight is 276 g/mol. The molecule has 5 heteroatoms. The SMILES string of the molecule is Clc1cnccc1CNc1ccc2ncsc2c1. The van der Waals surface area contributed by atoms with Gasteiger partial charge in [-0.2, -0.15) is 0 Å². The molecule has 0 saturated carbocycles. The second-order valence-electron chi connectivity index (χ2n) is 3.86. The second-order valence-corrected chi connectivity index (χ2v) is 5.15. The molecule has 0 saturated heterocycles. The van der Waals surface area contributed by atoms with E-state index in [2.05, 4.69) is 21.4 Å². The fourth-order valence-electron chi connectivity index (χ4n) is 1.71. The van der Waals surface area contributed by atoms with E-state index in [0.29, 0.717) is 11.6 Å². The van der Waals surface area contributed by atoms with Crippen molar-refractivity contribution in [2.75, 3.05) is 5.32 Å². The van der Waals surface area contributed by atoms with Gasteiger partial charge in [0.05, 0.1) is 20.7 Å². The number of nitrogens with zero attached hydrogens (tertiary/aromatic N) is 2. The molecule has 0 atom stereocenters. The molecule has 0 aliphatic heterocycles. The van der Waals surface area contributed by atoms with Crippen LogP contribution in [0.5, 0.6) is 0 Å². The summed E-state index contributed by atoms with van der Waals surface area (Å²) in [5.41, 5.74) is 5.00. The molecule has 0 bridgehead atoms. The third-order valence-electron chi connectivity index (χ3n) is 2.67. The summed E-state index contributed by atoms with van der Waals surface area (Å²) in [4.78, 5) is 8.22. The van der Waals surface area contributed by atoms with Crippen LogP contribution in [0.15, 0.2) is 42.2 Å². The molecule has 1 aromatic carbocycles. The van der Waals surface area contributed by atoms with Crippen molar-refractivity contribution in [3.63, 3.8) is 0 Å². The Morgan fingerprint density at radius 1 is 1.28 bits per heavy atom. The first-order valence-corrected chi connectivity index (χ1v) is 6.74. The lowest BCUT2D eigenvalue weighted by Gasteiger charge is -2.07. The number of hydrogen-bond donors (Lipinski definition) is 1. The van der Waals surface area contributed by atoms with Gasteiger partial charge < -0.3 is 5.32 Å². The number of rotatable bonds is 3. The Bertz CT molecular complexity index is 681. The number of halogens is 1. The molecule has 0 unspecified atom stereocenters. The fourth-order valence-corrected chi connectivity index (χ4v) is 2.61. The van der Waals surface area contributed by atoms with Crippen LogP contribution in [0, 0.1) is 0 Å². The van der Waals surface area contributed by atoms with Crippen molar-refractivity contribution in [3.05, 3.63) is 52.8 Å². The standard InChI is InChI=1S/C13H10ClN3S/c14-11-7-15-4-3-9(11)6-16-10-1-2-12-13(5-10)18-8-17-12/h1-5,7-8,16H,6H2. The van der Waals surface area contributed by atoms with Gasteiger partial charge in [-0.3, -0.25) is 4.98 Å². The number of aromatic nitrogens is 2. The van der Waals surface area contributed by atoms with Crippen LogP contribution in [0.4, 0.5) is 5.69 Å². The lowest BCUT2D eigenvalue weighted by molar-refractivity contribution is 1.13. The third kappa shape index (κ3) is 2.30. The molecule has 0 aliphatic carbocycles. The van der Waals surface area contributed by atoms with Crippen LogP contribution in [0.3, 0.4) is 0 Å². The first kappa shape index (κ1) is 11.4. The summed E-state index contributed by atoms with van der Waals surface area (Å²) >= 11 is 7.70. The lowest BCUT2D eigenvalue weighted by atomic mass is 10.2. The predicted octanol–water partition coefficient (Wildman–Crippen LogP) is 3.96. The maximum atomic E-state index is 6.06. The molecule has 2 heterocycles. The van der Waals surface area contributed by atoms with Crippen LogP contribution in [0.1, 0.15) is 5.56 Å². The number of thiazole rings is 1. The van der Waals surface area contributed by atoms with E-state index in [1.807, 2.05) is 23.7 Å². The Balaban J connectivity index is 1.78. The van der Waals surface area contributed by atoms with Crippen molar-refractivity contribution in [2.24, 2.45) is 0 Å². The average Bonchev–Trinajstić information content (AvgIpc) is 2.85. The van der Waals surface area contributed by atoms with E-state index < -0.39 is 0 Å². The van der Waals surface area contributed by atoms with Crippen LogP contribution >= 0.6 is 22.9 Å². The zero-order valence-electron chi connectivity index (χ0n) is 9.43. The minimum atomic E-state index is 0.684. The van der Waals surface area contributed by atoms with E-state index in [1.165, 1.54) is 4.70 Å². The topological polar surface area (TPSA) is 37.8 Å². The molecule has 0 fully saturated rings. The molecule has 3 nitrogen and oxygen atoms in total. The fraction of sp³-hybridized carbons (Fsp3) is 0.0769. The molecule has 1 N–H and O–H groups in total. The molecule has 0 spiro atoms. The quantitative estimate of drug-likeness (QED) is 0.786. The molecular formula is C13H10ClN3S. The Morgan fingerprint density at radius 2 is 2.22 bits per heavy atom. The molecule has 0 amide bonds. The van der Waals surface area contributed by atoms with Crippen molar-refractivity contribution in [3.8, 4) is 0 Å². The number of fused-ring (bicyclic) bond motifs is 1. The number of pyridine rings is 1. The molecule has 3 rings (SSSR count). The zero-order chi connectivity index (χ0) is 12.4. The van der Waals surface area contributed by atoms with Crippen molar-refractivity contribution >= 4 is 38.8 Å². The smallest absolute Gasteiger partial charge is 0.0813 e. The van der Waals surface area contributed by atoms with Crippen LogP contribution in [0.25, 0.3) is 10.2 Å². The van der Waals surface area contributed by atoms with Gasteiger partial charge in [0.2, 0.25) is 0 Å². The van der Waals surface area contributed by atoms with Gasteiger partial charge in [-0.15, -0.1) is 11.3 Å². The largest absolute Gasteiger partial charge is 0.381 e. The van der Waals surface area contributed by atoms with Gasteiger partial charge in [-0.05, 0) is 29.8 Å². The van der Waals surface area contributed by atoms with Gasteiger partial charge >= 0.3 is 0 Å². The van der Waals surface area contributed by atoms with E-state index in [4.69, 9.17) is 11.6 Å². The Hall–Kier alpha value is -1.65. The monoisotopic (exact) mass is 275 g/mol. The summed E-state index contributed by atoms with van der Waals surface area (Å²) in [6.45, 7) is 0.686. The summed E-state index contributed by atoms with van der Waals surface area (Å²) in [5.74, 6) is 0. The zero-order valence-corrected chi connectivity index (χ0v) is 11.0. The number of hydrogen-bond acceptors (Lipinski definition) is 4. The van der Waals surface area contributed by atoms with Gasteiger partial charge in [-0.1, -0.05) is 11.6 Å². The Kier molecular flexibility index (Phi) is 3.13. The highest BCUT2D eigenvalue weighted by Crippen LogP contribution is 2.22. The molecule has 90 valence electrons. The summed E-state index contributed by atoms with van der Waals surface area (Å²) in [6.07, 6.45) is 3.40. The van der Waals surface area contributed by atoms with Crippen LogP contribution in [-0.4, -0.2) is 9.97 Å². The predicted molar refractivity (Wildman–Crippen MR) is 76.2 cm³/mol.